The zero-order valence-corrected chi connectivity index (χ0v) is 14.3. The highest BCUT2D eigenvalue weighted by Gasteiger charge is 2.26. The van der Waals surface area contributed by atoms with E-state index >= 15 is 0 Å². The van der Waals surface area contributed by atoms with Crippen molar-refractivity contribution in [2.24, 2.45) is 5.92 Å². The van der Waals surface area contributed by atoms with Crippen LogP contribution in [0.2, 0.25) is 0 Å². The molecule has 6 nitrogen and oxygen atoms in total. The van der Waals surface area contributed by atoms with Crippen LogP contribution in [0.15, 0.2) is 24.3 Å². The molecule has 0 spiro atoms. The van der Waals surface area contributed by atoms with E-state index < -0.39 is 5.97 Å². The van der Waals surface area contributed by atoms with Crippen molar-refractivity contribution in [3.63, 3.8) is 0 Å². The molecule has 2 heterocycles. The summed E-state index contributed by atoms with van der Waals surface area (Å²) in [5.41, 5.74) is 1.18. The number of nitrogens with one attached hydrogen (secondary N) is 1. The maximum absolute atomic E-state index is 12.0. The van der Waals surface area contributed by atoms with Crippen LogP contribution in [0.4, 0.5) is 0 Å². The maximum Gasteiger partial charge on any atom is 0.306 e. The fourth-order valence-electron chi connectivity index (χ4n) is 3.19. The second-order valence-electron chi connectivity index (χ2n) is 6.24. The number of hydrogen-bond donors (Lipinski definition) is 2. The van der Waals surface area contributed by atoms with Crippen molar-refractivity contribution in [1.29, 1.82) is 0 Å². The van der Waals surface area contributed by atoms with E-state index in [-0.39, 0.29) is 30.3 Å². The summed E-state index contributed by atoms with van der Waals surface area (Å²) in [5.74, 6) is -0.118. The quantitative estimate of drug-likeness (QED) is 0.834. The molecular formula is C17H23ClN2O4. The third kappa shape index (κ3) is 4.61. The Kier molecular flexibility index (Phi) is 6.45. The largest absolute Gasteiger partial charge is 0.488 e. The third-order valence-corrected chi connectivity index (χ3v) is 4.54. The number of carbonyl (C=O) groups excluding carboxylic acids is 1. The number of amides is 1. The van der Waals surface area contributed by atoms with E-state index in [1.165, 1.54) is 5.56 Å². The van der Waals surface area contributed by atoms with E-state index in [1.807, 2.05) is 29.2 Å². The number of halogens is 1. The first kappa shape index (κ1) is 18.5. The van der Waals surface area contributed by atoms with Gasteiger partial charge in [-0.15, -0.1) is 12.4 Å². The molecule has 1 amide bonds. The fourth-order valence-corrected chi connectivity index (χ4v) is 3.19. The van der Waals surface area contributed by atoms with Gasteiger partial charge < -0.3 is 15.2 Å². The van der Waals surface area contributed by atoms with Gasteiger partial charge in [-0.05, 0) is 37.6 Å². The normalized spacial score (nSPS) is 20.6. The number of rotatable bonds is 5. The minimum atomic E-state index is -0.730. The van der Waals surface area contributed by atoms with Gasteiger partial charge in [-0.3, -0.25) is 14.5 Å². The molecule has 1 aromatic carbocycles. The molecular weight excluding hydrogens is 332 g/mol. The van der Waals surface area contributed by atoms with Crippen LogP contribution in [-0.2, 0) is 16.0 Å². The summed E-state index contributed by atoms with van der Waals surface area (Å²) in [5, 5.41) is 11.9. The van der Waals surface area contributed by atoms with Gasteiger partial charge in [0.05, 0.1) is 19.0 Å². The fraction of sp³-hybridized carbons (Fsp3) is 0.529. The topological polar surface area (TPSA) is 78.9 Å². The predicted molar refractivity (Wildman–Crippen MR) is 91.6 cm³/mol. The van der Waals surface area contributed by atoms with E-state index in [0.29, 0.717) is 39.0 Å². The molecule has 132 valence electrons. The van der Waals surface area contributed by atoms with E-state index in [1.54, 1.807) is 0 Å². The monoisotopic (exact) mass is 354 g/mol. The summed E-state index contributed by atoms with van der Waals surface area (Å²) >= 11 is 0. The van der Waals surface area contributed by atoms with Crippen LogP contribution in [0.3, 0.4) is 0 Å². The molecule has 1 unspecified atom stereocenters. The SMILES string of the molecule is Cl.O=C(CN1CCC(C(=O)O)CC1)NCC1Cc2ccccc2O1. The number of likely N-dealkylation sites (tertiary alicyclic amines) is 1. The summed E-state index contributed by atoms with van der Waals surface area (Å²) in [4.78, 5) is 25.0. The highest BCUT2D eigenvalue weighted by molar-refractivity contribution is 5.85. The van der Waals surface area contributed by atoms with Gasteiger partial charge in [-0.2, -0.15) is 0 Å². The number of carboxylic acid groups (broad SMARTS) is 1. The van der Waals surface area contributed by atoms with Crippen molar-refractivity contribution in [1.82, 2.24) is 10.2 Å². The van der Waals surface area contributed by atoms with Crippen molar-refractivity contribution in [2.75, 3.05) is 26.2 Å². The van der Waals surface area contributed by atoms with Crippen LogP contribution >= 0.6 is 12.4 Å². The van der Waals surface area contributed by atoms with Crippen molar-refractivity contribution in [2.45, 2.75) is 25.4 Å². The Bertz CT molecular complexity index is 563. The molecule has 1 atom stereocenters. The molecule has 1 saturated heterocycles. The molecule has 2 aliphatic rings. The molecule has 0 bridgehead atoms. The minimum Gasteiger partial charge on any atom is -0.488 e. The second-order valence-corrected chi connectivity index (χ2v) is 6.24. The number of piperidine rings is 1. The number of benzene rings is 1. The lowest BCUT2D eigenvalue weighted by Crippen LogP contribution is -2.44. The van der Waals surface area contributed by atoms with E-state index in [0.717, 1.165) is 12.2 Å². The number of hydrogen-bond acceptors (Lipinski definition) is 4. The number of carbonyl (C=O) groups is 2. The van der Waals surface area contributed by atoms with Crippen molar-refractivity contribution in [3.8, 4) is 5.75 Å². The molecule has 3 rings (SSSR count). The first-order chi connectivity index (χ1) is 11.1. The molecule has 7 heteroatoms. The number of aliphatic carboxylic acids is 1. The number of ether oxygens (including phenoxy) is 1. The van der Waals surface area contributed by atoms with Gasteiger partial charge in [0.2, 0.25) is 5.91 Å². The average Bonchev–Trinajstić information content (AvgIpc) is 2.96. The van der Waals surface area contributed by atoms with Crippen LogP contribution < -0.4 is 10.1 Å². The predicted octanol–water partition coefficient (Wildman–Crippen LogP) is 1.32. The second kappa shape index (κ2) is 8.35. The van der Waals surface area contributed by atoms with Gasteiger partial charge in [0.25, 0.3) is 0 Å². The van der Waals surface area contributed by atoms with Gasteiger partial charge in [0, 0.05) is 6.42 Å². The molecule has 2 N–H and O–H groups in total. The van der Waals surface area contributed by atoms with Crippen molar-refractivity contribution in [3.05, 3.63) is 29.8 Å². The van der Waals surface area contributed by atoms with Crippen LogP contribution in [0.1, 0.15) is 18.4 Å². The lowest BCUT2D eigenvalue weighted by Gasteiger charge is -2.29. The first-order valence-electron chi connectivity index (χ1n) is 8.08. The van der Waals surface area contributed by atoms with Crippen LogP contribution in [-0.4, -0.2) is 54.2 Å². The van der Waals surface area contributed by atoms with Crippen molar-refractivity contribution < 1.29 is 19.4 Å². The summed E-state index contributed by atoms with van der Waals surface area (Å²) in [6.07, 6.45) is 2.04. The first-order valence-corrected chi connectivity index (χ1v) is 8.08. The van der Waals surface area contributed by atoms with Crippen molar-refractivity contribution >= 4 is 24.3 Å². The smallest absolute Gasteiger partial charge is 0.306 e. The minimum absolute atomic E-state index is 0. The molecule has 0 aliphatic carbocycles. The Balaban J connectivity index is 0.00000208. The summed E-state index contributed by atoms with van der Waals surface area (Å²) in [7, 11) is 0. The lowest BCUT2D eigenvalue weighted by atomic mass is 9.97. The molecule has 0 aromatic heterocycles. The zero-order chi connectivity index (χ0) is 16.2. The Morgan fingerprint density at radius 1 is 1.25 bits per heavy atom. The van der Waals surface area contributed by atoms with Gasteiger partial charge in [-0.25, -0.2) is 0 Å². The van der Waals surface area contributed by atoms with Gasteiger partial charge in [0.15, 0.2) is 0 Å². The van der Waals surface area contributed by atoms with E-state index in [4.69, 9.17) is 9.84 Å². The van der Waals surface area contributed by atoms with E-state index in [2.05, 4.69) is 5.32 Å². The highest BCUT2D eigenvalue weighted by Crippen LogP contribution is 2.27. The molecule has 1 aromatic rings. The summed E-state index contributed by atoms with van der Waals surface area (Å²) < 4.78 is 5.79. The highest BCUT2D eigenvalue weighted by atomic mass is 35.5. The van der Waals surface area contributed by atoms with Gasteiger partial charge in [0.1, 0.15) is 11.9 Å². The van der Waals surface area contributed by atoms with Crippen LogP contribution in [0.25, 0.3) is 0 Å². The van der Waals surface area contributed by atoms with Crippen LogP contribution in [0, 0.1) is 5.92 Å². The average molecular weight is 355 g/mol. The molecule has 0 saturated carbocycles. The lowest BCUT2D eigenvalue weighted by molar-refractivity contribution is -0.143. The molecule has 24 heavy (non-hydrogen) atoms. The number of nitrogens with zero attached hydrogens (tertiary/aromatic N) is 1. The Morgan fingerprint density at radius 3 is 2.62 bits per heavy atom. The number of fused-ring (bicyclic) bond motifs is 1. The summed E-state index contributed by atoms with van der Waals surface area (Å²) in [6, 6.07) is 7.93. The summed E-state index contributed by atoms with van der Waals surface area (Å²) in [6.45, 7) is 2.15. The standard InChI is InChI=1S/C17H22N2O4.ClH/c20-16(11-19-7-5-12(6-8-19)17(21)22)18-10-14-9-13-3-1-2-4-15(13)23-14;/h1-4,12,14H,5-11H2,(H,18,20)(H,21,22);1H. The van der Waals surface area contributed by atoms with Crippen LogP contribution in [0.5, 0.6) is 5.75 Å². The van der Waals surface area contributed by atoms with Gasteiger partial charge in [-0.1, -0.05) is 18.2 Å². The zero-order valence-electron chi connectivity index (χ0n) is 13.4. The molecule has 2 aliphatic heterocycles. The number of carboxylic acids is 1. The number of para-hydroxylation sites is 1. The molecule has 1 fully saturated rings. The van der Waals surface area contributed by atoms with E-state index in [9.17, 15) is 9.59 Å². The Morgan fingerprint density at radius 2 is 1.96 bits per heavy atom. The molecule has 0 radical (unpaired) electrons. The van der Waals surface area contributed by atoms with Gasteiger partial charge >= 0.3 is 5.97 Å². The third-order valence-electron chi connectivity index (χ3n) is 4.54. The Labute approximate surface area is 147 Å². The Hall–Kier alpha value is -1.79. The maximum atomic E-state index is 12.0.